The van der Waals surface area contributed by atoms with Gasteiger partial charge in [-0.3, -0.25) is 9.97 Å². The molecule has 0 saturated heterocycles. The molecular weight excluding hydrogens is 172 g/mol. The van der Waals surface area contributed by atoms with Gasteiger partial charge in [-0.1, -0.05) is 18.7 Å². The summed E-state index contributed by atoms with van der Waals surface area (Å²) in [7, 11) is 0. The van der Waals surface area contributed by atoms with Crippen molar-refractivity contribution in [2.75, 3.05) is 0 Å². The van der Waals surface area contributed by atoms with Crippen LogP contribution in [0.5, 0.6) is 0 Å². The highest BCUT2D eigenvalue weighted by molar-refractivity contribution is 5.59. The van der Waals surface area contributed by atoms with Crippen LogP contribution in [0.4, 0.5) is 0 Å². The fraction of sp³-hybridized carbons (Fsp3) is 0. The van der Waals surface area contributed by atoms with Gasteiger partial charge in [-0.25, -0.2) is 0 Å². The molecule has 0 spiro atoms. The third kappa shape index (κ3) is 1.69. The van der Waals surface area contributed by atoms with E-state index in [1.807, 2.05) is 24.3 Å². The van der Waals surface area contributed by atoms with Gasteiger partial charge in [0.15, 0.2) is 0 Å². The quantitative estimate of drug-likeness (QED) is 0.713. The Balaban J connectivity index is 2.39. The SMILES string of the molecule is C=Cc1ccc(-c2cccnc2)nc1. The zero-order valence-corrected chi connectivity index (χ0v) is 7.72. The van der Waals surface area contributed by atoms with Crippen LogP contribution in [0.25, 0.3) is 17.3 Å². The molecule has 2 heterocycles. The molecule has 2 heteroatoms. The molecule has 0 bridgehead atoms. The van der Waals surface area contributed by atoms with Gasteiger partial charge in [0.1, 0.15) is 0 Å². The van der Waals surface area contributed by atoms with Gasteiger partial charge >= 0.3 is 0 Å². The maximum absolute atomic E-state index is 4.31. The minimum Gasteiger partial charge on any atom is -0.264 e. The summed E-state index contributed by atoms with van der Waals surface area (Å²) in [5, 5.41) is 0. The summed E-state index contributed by atoms with van der Waals surface area (Å²) >= 11 is 0. The van der Waals surface area contributed by atoms with Crippen molar-refractivity contribution in [3.05, 3.63) is 55.0 Å². The highest BCUT2D eigenvalue weighted by Crippen LogP contribution is 2.15. The number of nitrogens with zero attached hydrogens (tertiary/aromatic N) is 2. The molecule has 0 aliphatic rings. The summed E-state index contributed by atoms with van der Waals surface area (Å²) < 4.78 is 0. The average molecular weight is 182 g/mol. The van der Waals surface area contributed by atoms with Crippen molar-refractivity contribution in [1.29, 1.82) is 0 Å². The third-order valence-corrected chi connectivity index (χ3v) is 1.98. The van der Waals surface area contributed by atoms with Gasteiger partial charge in [0.2, 0.25) is 0 Å². The predicted molar refractivity (Wildman–Crippen MR) is 57.6 cm³/mol. The molecule has 0 amide bonds. The third-order valence-electron chi connectivity index (χ3n) is 1.98. The van der Waals surface area contributed by atoms with Gasteiger partial charge < -0.3 is 0 Å². The lowest BCUT2D eigenvalue weighted by molar-refractivity contribution is 1.27. The van der Waals surface area contributed by atoms with E-state index in [-0.39, 0.29) is 0 Å². The Morgan fingerprint density at radius 2 is 2.07 bits per heavy atom. The highest BCUT2D eigenvalue weighted by atomic mass is 14.7. The predicted octanol–water partition coefficient (Wildman–Crippen LogP) is 2.79. The standard InChI is InChI=1S/C12H10N2/c1-2-10-5-6-12(14-8-10)11-4-3-7-13-9-11/h2-9H,1H2. The molecule has 0 atom stereocenters. The molecule has 0 unspecified atom stereocenters. The molecule has 0 N–H and O–H groups in total. The molecule has 0 aliphatic heterocycles. The zero-order valence-electron chi connectivity index (χ0n) is 7.72. The van der Waals surface area contributed by atoms with Crippen LogP contribution >= 0.6 is 0 Å². The fourth-order valence-electron chi connectivity index (χ4n) is 1.21. The Morgan fingerprint density at radius 1 is 1.14 bits per heavy atom. The van der Waals surface area contributed by atoms with Crippen LogP contribution in [-0.4, -0.2) is 9.97 Å². The van der Waals surface area contributed by atoms with Crippen molar-refractivity contribution in [3.63, 3.8) is 0 Å². The first-order chi connectivity index (χ1) is 6.90. The Labute approximate surface area is 83.0 Å². The second kappa shape index (κ2) is 3.83. The van der Waals surface area contributed by atoms with Gasteiger partial charge in [-0.2, -0.15) is 0 Å². The van der Waals surface area contributed by atoms with Gasteiger partial charge in [0.25, 0.3) is 0 Å². The maximum Gasteiger partial charge on any atom is 0.0717 e. The summed E-state index contributed by atoms with van der Waals surface area (Å²) in [5.74, 6) is 0. The maximum atomic E-state index is 4.31. The number of rotatable bonds is 2. The summed E-state index contributed by atoms with van der Waals surface area (Å²) in [5.41, 5.74) is 2.99. The molecule has 0 radical (unpaired) electrons. The molecule has 0 fully saturated rings. The average Bonchev–Trinajstić information content (AvgIpc) is 2.30. The Hall–Kier alpha value is -1.96. The number of hydrogen-bond acceptors (Lipinski definition) is 2. The minimum absolute atomic E-state index is 0.934. The second-order valence-electron chi connectivity index (χ2n) is 2.92. The molecule has 0 aliphatic carbocycles. The largest absolute Gasteiger partial charge is 0.264 e. The van der Waals surface area contributed by atoms with Crippen LogP contribution in [0.2, 0.25) is 0 Å². The first-order valence-electron chi connectivity index (χ1n) is 4.39. The summed E-state index contributed by atoms with van der Waals surface area (Å²) in [6.45, 7) is 3.68. The van der Waals surface area contributed by atoms with Crippen LogP contribution in [0, 0.1) is 0 Å². The van der Waals surface area contributed by atoms with Crippen LogP contribution < -0.4 is 0 Å². The summed E-state index contributed by atoms with van der Waals surface area (Å²) in [6.07, 6.45) is 7.13. The Morgan fingerprint density at radius 3 is 2.64 bits per heavy atom. The fourth-order valence-corrected chi connectivity index (χ4v) is 1.21. The number of pyridine rings is 2. The monoisotopic (exact) mass is 182 g/mol. The highest BCUT2D eigenvalue weighted by Gasteiger charge is 1.96. The van der Waals surface area contributed by atoms with Crippen LogP contribution in [0.1, 0.15) is 5.56 Å². The first-order valence-corrected chi connectivity index (χ1v) is 4.39. The first kappa shape index (κ1) is 8.63. The lowest BCUT2D eigenvalue weighted by atomic mass is 10.1. The normalized spacial score (nSPS) is 9.71. The minimum atomic E-state index is 0.934. The second-order valence-corrected chi connectivity index (χ2v) is 2.92. The zero-order chi connectivity index (χ0) is 9.80. The van der Waals surface area contributed by atoms with Crippen molar-refractivity contribution in [3.8, 4) is 11.3 Å². The lowest BCUT2D eigenvalue weighted by Gasteiger charge is -1.99. The van der Waals surface area contributed by atoms with Crippen molar-refractivity contribution < 1.29 is 0 Å². The molecule has 2 nitrogen and oxygen atoms in total. The van der Waals surface area contributed by atoms with E-state index in [2.05, 4.69) is 16.5 Å². The van der Waals surface area contributed by atoms with Crippen molar-refractivity contribution in [2.45, 2.75) is 0 Å². The van der Waals surface area contributed by atoms with E-state index in [9.17, 15) is 0 Å². The van der Waals surface area contributed by atoms with E-state index in [0.29, 0.717) is 0 Å². The van der Waals surface area contributed by atoms with Crippen molar-refractivity contribution in [2.24, 2.45) is 0 Å². The van der Waals surface area contributed by atoms with Crippen molar-refractivity contribution in [1.82, 2.24) is 9.97 Å². The van der Waals surface area contributed by atoms with E-state index in [4.69, 9.17) is 0 Å². The smallest absolute Gasteiger partial charge is 0.0717 e. The lowest BCUT2D eigenvalue weighted by Crippen LogP contribution is -1.84. The molecule has 2 aromatic rings. The summed E-state index contributed by atoms with van der Waals surface area (Å²) in [4.78, 5) is 8.35. The number of aromatic nitrogens is 2. The van der Waals surface area contributed by atoms with Gasteiger partial charge in [-0.05, 0) is 23.8 Å². The van der Waals surface area contributed by atoms with Crippen LogP contribution in [0.3, 0.4) is 0 Å². The van der Waals surface area contributed by atoms with E-state index >= 15 is 0 Å². The van der Waals surface area contributed by atoms with Crippen LogP contribution in [0.15, 0.2) is 49.4 Å². The van der Waals surface area contributed by atoms with E-state index in [1.165, 1.54) is 0 Å². The molecular formula is C12H10N2. The molecule has 14 heavy (non-hydrogen) atoms. The van der Waals surface area contributed by atoms with E-state index < -0.39 is 0 Å². The topological polar surface area (TPSA) is 25.8 Å². The van der Waals surface area contributed by atoms with Gasteiger partial charge in [0.05, 0.1) is 5.69 Å². The van der Waals surface area contributed by atoms with Gasteiger partial charge in [-0.15, -0.1) is 0 Å². The molecule has 0 aromatic carbocycles. The molecule has 2 aromatic heterocycles. The van der Waals surface area contributed by atoms with Crippen molar-refractivity contribution >= 4 is 6.08 Å². The Kier molecular flexibility index (Phi) is 2.36. The molecule has 0 saturated carbocycles. The number of hydrogen-bond donors (Lipinski definition) is 0. The summed E-state index contributed by atoms with van der Waals surface area (Å²) in [6, 6.07) is 7.84. The molecule has 68 valence electrons. The Bertz CT molecular complexity index is 418. The van der Waals surface area contributed by atoms with Gasteiger partial charge in [0, 0.05) is 24.2 Å². The van der Waals surface area contributed by atoms with E-state index in [1.54, 1.807) is 24.7 Å². The molecule has 2 rings (SSSR count). The van der Waals surface area contributed by atoms with E-state index in [0.717, 1.165) is 16.8 Å². The van der Waals surface area contributed by atoms with Crippen LogP contribution in [-0.2, 0) is 0 Å².